The van der Waals surface area contributed by atoms with E-state index in [1.54, 1.807) is 0 Å². The van der Waals surface area contributed by atoms with Gasteiger partial charge >= 0.3 is 0 Å². The molecule has 0 aliphatic heterocycles. The van der Waals surface area contributed by atoms with E-state index in [-0.39, 0.29) is 16.5 Å². The second kappa shape index (κ2) is 5.32. The van der Waals surface area contributed by atoms with E-state index < -0.39 is 20.0 Å². The van der Waals surface area contributed by atoms with E-state index in [4.69, 9.17) is 5.14 Å². The average molecular weight is 316 g/mol. The van der Waals surface area contributed by atoms with Crippen LogP contribution in [0.3, 0.4) is 0 Å². The fourth-order valence-electron chi connectivity index (χ4n) is 1.44. The van der Waals surface area contributed by atoms with Crippen molar-refractivity contribution in [1.82, 2.24) is 14.7 Å². The predicted molar refractivity (Wildman–Crippen MR) is 70.4 cm³/mol. The number of hydrogen-bond donors (Lipinski definition) is 3. The third-order valence-corrected chi connectivity index (χ3v) is 4.74. The SMILES string of the molecule is NS(=O)(=O)c1ccc(CNS(=O)(=O)c2cnc[nH]2)cc1. The van der Waals surface area contributed by atoms with E-state index in [0.29, 0.717) is 5.56 Å². The number of hydrogen-bond acceptors (Lipinski definition) is 5. The molecule has 0 spiro atoms. The Morgan fingerprint density at radius 2 is 1.80 bits per heavy atom. The van der Waals surface area contributed by atoms with Crippen LogP contribution in [0.15, 0.2) is 46.7 Å². The second-order valence-electron chi connectivity index (χ2n) is 3.93. The van der Waals surface area contributed by atoms with Crippen molar-refractivity contribution in [1.29, 1.82) is 0 Å². The molecular formula is C10H12N4O4S2. The minimum Gasteiger partial charge on any atom is -0.335 e. The number of benzene rings is 1. The second-order valence-corrected chi connectivity index (χ2v) is 7.23. The minimum atomic E-state index is -3.75. The zero-order valence-electron chi connectivity index (χ0n) is 10.1. The third-order valence-electron chi connectivity index (χ3n) is 2.48. The van der Waals surface area contributed by atoms with Crippen LogP contribution in [-0.4, -0.2) is 26.8 Å². The van der Waals surface area contributed by atoms with Gasteiger partial charge in [0.1, 0.15) is 0 Å². The van der Waals surface area contributed by atoms with E-state index in [1.165, 1.54) is 36.8 Å². The van der Waals surface area contributed by atoms with Gasteiger partial charge in [-0.1, -0.05) is 12.1 Å². The number of aromatic amines is 1. The summed E-state index contributed by atoms with van der Waals surface area (Å²) in [6, 6.07) is 5.59. The smallest absolute Gasteiger partial charge is 0.257 e. The number of aromatic nitrogens is 2. The van der Waals surface area contributed by atoms with Gasteiger partial charge in [-0.2, -0.15) is 0 Å². The van der Waals surface area contributed by atoms with E-state index in [1.807, 2.05) is 0 Å². The van der Waals surface area contributed by atoms with Crippen LogP contribution in [0.5, 0.6) is 0 Å². The van der Waals surface area contributed by atoms with Crippen LogP contribution in [-0.2, 0) is 26.6 Å². The molecule has 1 aromatic heterocycles. The van der Waals surface area contributed by atoms with Crippen molar-refractivity contribution in [3.05, 3.63) is 42.4 Å². The molecule has 0 radical (unpaired) electrons. The molecule has 20 heavy (non-hydrogen) atoms. The number of H-pyrrole nitrogens is 1. The average Bonchev–Trinajstić information content (AvgIpc) is 2.90. The maximum atomic E-state index is 11.8. The number of nitrogens with one attached hydrogen (secondary N) is 2. The monoisotopic (exact) mass is 316 g/mol. The maximum absolute atomic E-state index is 11.8. The van der Waals surface area contributed by atoms with Crippen LogP contribution in [0.4, 0.5) is 0 Å². The van der Waals surface area contributed by atoms with Crippen molar-refractivity contribution in [2.75, 3.05) is 0 Å². The molecule has 2 aromatic rings. The Hall–Kier alpha value is -1.75. The van der Waals surface area contributed by atoms with Crippen molar-refractivity contribution in [2.45, 2.75) is 16.5 Å². The summed E-state index contributed by atoms with van der Waals surface area (Å²) < 4.78 is 48.1. The van der Waals surface area contributed by atoms with E-state index >= 15 is 0 Å². The molecule has 0 saturated carbocycles. The Morgan fingerprint density at radius 3 is 2.30 bits per heavy atom. The van der Waals surface area contributed by atoms with E-state index in [0.717, 1.165) is 0 Å². The molecule has 0 unspecified atom stereocenters. The van der Waals surface area contributed by atoms with E-state index in [9.17, 15) is 16.8 Å². The van der Waals surface area contributed by atoms with Crippen LogP contribution < -0.4 is 9.86 Å². The molecule has 108 valence electrons. The highest BCUT2D eigenvalue weighted by molar-refractivity contribution is 7.89. The van der Waals surface area contributed by atoms with Gasteiger partial charge in [-0.15, -0.1) is 0 Å². The first-order valence-corrected chi connectivity index (χ1v) is 8.42. The summed E-state index contributed by atoms with van der Waals surface area (Å²) in [5.41, 5.74) is 0.598. The molecule has 1 heterocycles. The lowest BCUT2D eigenvalue weighted by atomic mass is 10.2. The highest BCUT2D eigenvalue weighted by Gasteiger charge is 2.15. The van der Waals surface area contributed by atoms with Gasteiger partial charge in [-0.3, -0.25) is 0 Å². The largest absolute Gasteiger partial charge is 0.335 e. The molecule has 0 atom stereocenters. The first-order chi connectivity index (χ1) is 9.29. The number of nitrogens with two attached hydrogens (primary N) is 1. The lowest BCUT2D eigenvalue weighted by Gasteiger charge is -2.05. The molecule has 0 bridgehead atoms. The standard InChI is InChI=1S/C10H12N4O4S2/c11-19(15,16)9-3-1-8(2-4-9)5-14-20(17,18)10-6-12-7-13-10/h1-4,6-7,14H,5H2,(H,12,13)(H2,11,15,16). The first-order valence-electron chi connectivity index (χ1n) is 5.39. The Morgan fingerprint density at radius 1 is 1.15 bits per heavy atom. The highest BCUT2D eigenvalue weighted by Crippen LogP contribution is 2.10. The molecule has 0 amide bonds. The Bertz CT molecular complexity index is 780. The summed E-state index contributed by atoms with van der Waals surface area (Å²) in [4.78, 5) is 6.08. The molecule has 8 nitrogen and oxygen atoms in total. The molecule has 2 rings (SSSR count). The molecule has 0 aliphatic carbocycles. The third kappa shape index (κ3) is 3.42. The van der Waals surface area contributed by atoms with Crippen molar-refractivity contribution < 1.29 is 16.8 Å². The number of primary sulfonamides is 1. The molecule has 4 N–H and O–H groups in total. The van der Waals surface area contributed by atoms with Crippen molar-refractivity contribution in [3.8, 4) is 0 Å². The lowest BCUT2D eigenvalue weighted by Crippen LogP contribution is -2.23. The van der Waals surface area contributed by atoms with Crippen molar-refractivity contribution >= 4 is 20.0 Å². The molecule has 1 aromatic carbocycles. The Balaban J connectivity index is 2.09. The molecular weight excluding hydrogens is 304 g/mol. The predicted octanol–water partition coefficient (Wildman–Crippen LogP) is -0.464. The Kier molecular flexibility index (Phi) is 3.90. The van der Waals surface area contributed by atoms with Crippen molar-refractivity contribution in [2.24, 2.45) is 5.14 Å². The fourth-order valence-corrected chi connectivity index (χ4v) is 2.88. The number of imidazole rings is 1. The summed E-state index contributed by atoms with van der Waals surface area (Å²) in [5.74, 6) is 0. The molecule has 0 aliphatic rings. The van der Waals surface area contributed by atoms with Gasteiger partial charge in [-0.05, 0) is 17.7 Å². The topological polar surface area (TPSA) is 135 Å². The quantitative estimate of drug-likeness (QED) is 0.685. The normalized spacial score (nSPS) is 12.4. The summed E-state index contributed by atoms with van der Waals surface area (Å²) in [6.07, 6.45) is 2.45. The van der Waals surface area contributed by atoms with Crippen LogP contribution in [0, 0.1) is 0 Å². The Labute approximate surface area is 116 Å². The van der Waals surface area contributed by atoms with Gasteiger partial charge in [0.05, 0.1) is 17.4 Å². The highest BCUT2D eigenvalue weighted by atomic mass is 32.2. The minimum absolute atomic E-state index is 0.0201. The molecule has 0 fully saturated rings. The summed E-state index contributed by atoms with van der Waals surface area (Å²) in [6.45, 7) is 0.0201. The number of sulfonamides is 2. The van der Waals surface area contributed by atoms with Crippen LogP contribution in [0.2, 0.25) is 0 Å². The van der Waals surface area contributed by atoms with Crippen LogP contribution in [0.25, 0.3) is 0 Å². The van der Waals surface area contributed by atoms with Crippen molar-refractivity contribution in [3.63, 3.8) is 0 Å². The summed E-state index contributed by atoms with van der Waals surface area (Å²) in [7, 11) is -7.41. The molecule has 10 heteroatoms. The molecule has 0 saturated heterocycles. The van der Waals surface area contributed by atoms with Gasteiger partial charge < -0.3 is 4.98 Å². The number of nitrogens with zero attached hydrogens (tertiary/aromatic N) is 1. The van der Waals surface area contributed by atoms with Gasteiger partial charge in [0.15, 0.2) is 5.03 Å². The summed E-state index contributed by atoms with van der Waals surface area (Å²) in [5, 5.41) is 4.92. The lowest BCUT2D eigenvalue weighted by molar-refractivity contribution is 0.577. The summed E-state index contributed by atoms with van der Waals surface area (Å²) >= 11 is 0. The fraction of sp³-hybridized carbons (Fsp3) is 0.100. The zero-order valence-corrected chi connectivity index (χ0v) is 11.8. The van der Waals surface area contributed by atoms with Gasteiger partial charge in [0.2, 0.25) is 10.0 Å². The van der Waals surface area contributed by atoms with Gasteiger partial charge in [-0.25, -0.2) is 31.7 Å². The van der Waals surface area contributed by atoms with Gasteiger partial charge in [0.25, 0.3) is 10.0 Å². The van der Waals surface area contributed by atoms with Gasteiger partial charge in [0, 0.05) is 6.54 Å². The van der Waals surface area contributed by atoms with Crippen LogP contribution in [0.1, 0.15) is 5.56 Å². The van der Waals surface area contributed by atoms with Crippen LogP contribution >= 0.6 is 0 Å². The first kappa shape index (κ1) is 14.7. The maximum Gasteiger partial charge on any atom is 0.257 e. The number of rotatable bonds is 5. The zero-order chi connectivity index (χ0) is 14.8. The van der Waals surface area contributed by atoms with E-state index in [2.05, 4.69) is 14.7 Å².